The maximum atomic E-state index is 13.0. The molecule has 7 nitrogen and oxygen atoms in total. The van der Waals surface area contributed by atoms with Gasteiger partial charge in [0.1, 0.15) is 5.69 Å². The Morgan fingerprint density at radius 3 is 2.55 bits per heavy atom. The second kappa shape index (κ2) is 5.84. The molecule has 5 rings (SSSR count). The molecule has 29 heavy (non-hydrogen) atoms. The van der Waals surface area contributed by atoms with E-state index < -0.39 is 17.8 Å². The number of carbonyl (C=O) groups excluding carboxylic acids is 1. The van der Waals surface area contributed by atoms with Crippen LogP contribution in [0.15, 0.2) is 43.0 Å². The van der Waals surface area contributed by atoms with E-state index in [0.717, 1.165) is 17.6 Å². The summed E-state index contributed by atoms with van der Waals surface area (Å²) in [5.41, 5.74) is 2.78. The molecule has 3 aromatic heterocycles. The third-order valence-corrected chi connectivity index (χ3v) is 4.63. The third kappa shape index (κ3) is 2.72. The largest absolute Gasteiger partial charge is 0.451 e. The molecule has 0 unspecified atom stereocenters. The van der Waals surface area contributed by atoms with Crippen molar-refractivity contribution in [3.63, 3.8) is 0 Å². The lowest BCUT2D eigenvalue weighted by Crippen LogP contribution is -2.13. The van der Waals surface area contributed by atoms with Crippen LogP contribution in [0.2, 0.25) is 0 Å². The van der Waals surface area contributed by atoms with Gasteiger partial charge in [0.05, 0.1) is 23.0 Å². The predicted octanol–water partition coefficient (Wildman–Crippen LogP) is 3.73. The summed E-state index contributed by atoms with van der Waals surface area (Å²) in [5.74, 6) is -1.93. The average molecular weight is 396 g/mol. The maximum Gasteiger partial charge on any atom is 0.451 e. The molecule has 1 aromatic carbocycles. The smallest absolute Gasteiger partial charge is 0.353 e. The fraction of sp³-hybridized carbons (Fsp3) is 0.105. The number of anilines is 2. The van der Waals surface area contributed by atoms with E-state index in [9.17, 15) is 18.0 Å². The average Bonchev–Trinajstić information content (AvgIpc) is 3.22. The van der Waals surface area contributed by atoms with Crippen molar-refractivity contribution in [3.05, 3.63) is 60.1 Å². The van der Waals surface area contributed by atoms with Gasteiger partial charge in [-0.1, -0.05) is 0 Å². The molecule has 3 heterocycles. The van der Waals surface area contributed by atoms with Crippen molar-refractivity contribution in [1.82, 2.24) is 24.7 Å². The van der Waals surface area contributed by atoms with Crippen molar-refractivity contribution < 1.29 is 18.0 Å². The first kappa shape index (κ1) is 17.3. The second-order valence-electron chi connectivity index (χ2n) is 6.59. The number of hydrogen-bond acceptors (Lipinski definition) is 6. The monoisotopic (exact) mass is 396 g/mol. The van der Waals surface area contributed by atoms with Gasteiger partial charge in [-0.25, -0.2) is 9.97 Å². The highest BCUT2D eigenvalue weighted by atomic mass is 19.4. The van der Waals surface area contributed by atoms with E-state index in [2.05, 4.69) is 25.4 Å². The summed E-state index contributed by atoms with van der Waals surface area (Å²) in [5, 5.41) is 7.90. The topological polar surface area (TPSA) is 85.6 Å². The van der Waals surface area contributed by atoms with Crippen LogP contribution in [0.25, 0.3) is 22.0 Å². The molecule has 0 saturated carbocycles. The number of benzene rings is 1. The number of carbonyl (C=O) groups is 1. The van der Waals surface area contributed by atoms with Gasteiger partial charge in [0.15, 0.2) is 0 Å². The summed E-state index contributed by atoms with van der Waals surface area (Å²) < 4.78 is 40.5. The molecule has 1 aliphatic carbocycles. The highest BCUT2D eigenvalue weighted by Gasteiger charge is 2.38. The van der Waals surface area contributed by atoms with E-state index in [-0.39, 0.29) is 16.8 Å². The Morgan fingerprint density at radius 1 is 1.03 bits per heavy atom. The summed E-state index contributed by atoms with van der Waals surface area (Å²) in [6.07, 6.45) is 1.14. The number of ketones is 1. The molecule has 0 aliphatic heterocycles. The number of pyridine rings is 1. The number of halogens is 3. The minimum absolute atomic E-state index is 0.208. The minimum atomic E-state index is -4.73. The Morgan fingerprint density at radius 2 is 1.83 bits per heavy atom. The van der Waals surface area contributed by atoms with E-state index in [4.69, 9.17) is 0 Å². The van der Waals surface area contributed by atoms with Gasteiger partial charge in [-0.15, -0.1) is 0 Å². The van der Waals surface area contributed by atoms with E-state index in [1.807, 2.05) is 6.07 Å². The molecule has 0 spiro atoms. The molecule has 0 fully saturated rings. The van der Waals surface area contributed by atoms with Crippen LogP contribution in [0.4, 0.5) is 24.5 Å². The lowest BCUT2D eigenvalue weighted by molar-refractivity contribution is -0.145. The van der Waals surface area contributed by atoms with Crippen LogP contribution in [0.5, 0.6) is 0 Å². The van der Waals surface area contributed by atoms with Gasteiger partial charge in [0.25, 0.3) is 0 Å². The van der Waals surface area contributed by atoms with Crippen LogP contribution in [-0.4, -0.2) is 30.5 Å². The summed E-state index contributed by atoms with van der Waals surface area (Å²) >= 11 is 0. The van der Waals surface area contributed by atoms with Gasteiger partial charge in [-0.05, 0) is 18.2 Å². The van der Waals surface area contributed by atoms with Crippen LogP contribution < -0.4 is 5.32 Å². The molecule has 1 N–H and O–H groups in total. The number of aromatic nitrogens is 5. The van der Waals surface area contributed by atoms with Crippen LogP contribution in [0.1, 0.15) is 21.9 Å². The second-order valence-corrected chi connectivity index (χ2v) is 6.59. The van der Waals surface area contributed by atoms with Gasteiger partial charge in [-0.2, -0.15) is 18.3 Å². The fourth-order valence-corrected chi connectivity index (χ4v) is 3.39. The first-order chi connectivity index (χ1) is 13.8. The Balaban J connectivity index is 1.67. The highest BCUT2D eigenvalue weighted by molar-refractivity contribution is 6.24. The zero-order valence-electron chi connectivity index (χ0n) is 14.8. The zero-order chi connectivity index (χ0) is 20.3. The first-order valence-electron chi connectivity index (χ1n) is 8.49. The van der Waals surface area contributed by atoms with Gasteiger partial charge < -0.3 is 5.32 Å². The van der Waals surface area contributed by atoms with Crippen molar-refractivity contribution in [2.75, 3.05) is 5.32 Å². The standard InChI is InChI=1S/C19H11F3N6O/c1-28-8-10(5-25-28)26-9-2-3-14-11(4-9)15-12-6-24-18(19(20,21)22)27-16(12)17(29)13(15)7-23-14/h2-8,26H,1H3. The maximum absolute atomic E-state index is 13.0. The Kier molecular flexibility index (Phi) is 3.48. The van der Waals surface area contributed by atoms with Gasteiger partial charge in [0, 0.05) is 47.8 Å². The van der Waals surface area contributed by atoms with Gasteiger partial charge in [-0.3, -0.25) is 14.5 Å². The molecule has 144 valence electrons. The van der Waals surface area contributed by atoms with Crippen molar-refractivity contribution >= 4 is 28.1 Å². The van der Waals surface area contributed by atoms with Gasteiger partial charge >= 0.3 is 6.18 Å². The number of alkyl halides is 3. The molecule has 0 atom stereocenters. The van der Waals surface area contributed by atoms with Gasteiger partial charge in [0.2, 0.25) is 11.6 Å². The van der Waals surface area contributed by atoms with E-state index >= 15 is 0 Å². The minimum Gasteiger partial charge on any atom is -0.353 e. The van der Waals surface area contributed by atoms with Crippen molar-refractivity contribution in [3.8, 4) is 11.1 Å². The zero-order valence-corrected chi connectivity index (χ0v) is 14.8. The molecule has 0 amide bonds. The quantitative estimate of drug-likeness (QED) is 0.489. The summed E-state index contributed by atoms with van der Waals surface area (Å²) in [4.78, 5) is 23.8. The van der Waals surface area contributed by atoms with Crippen LogP contribution in [0.3, 0.4) is 0 Å². The SMILES string of the molecule is Cn1cc(Nc2ccc3ncc4c(c3c2)-c2cnc(C(F)(F)F)nc2C4=O)cn1. The number of nitrogens with zero attached hydrogens (tertiary/aromatic N) is 5. The predicted molar refractivity (Wildman–Crippen MR) is 97.7 cm³/mol. The normalized spacial score (nSPS) is 12.9. The van der Waals surface area contributed by atoms with E-state index in [0.29, 0.717) is 16.5 Å². The molecule has 1 aliphatic rings. The van der Waals surface area contributed by atoms with Crippen molar-refractivity contribution in [1.29, 1.82) is 0 Å². The molecule has 0 bridgehead atoms. The summed E-state index contributed by atoms with van der Waals surface area (Å²) in [7, 11) is 1.79. The number of hydrogen-bond donors (Lipinski definition) is 1. The fourth-order valence-electron chi connectivity index (χ4n) is 3.39. The first-order valence-corrected chi connectivity index (χ1v) is 8.49. The number of aryl methyl sites for hydroxylation is 1. The third-order valence-electron chi connectivity index (χ3n) is 4.63. The molecule has 0 saturated heterocycles. The number of fused-ring (bicyclic) bond motifs is 5. The van der Waals surface area contributed by atoms with Crippen molar-refractivity contribution in [2.24, 2.45) is 7.05 Å². The molecular formula is C19H11F3N6O. The lowest BCUT2D eigenvalue weighted by atomic mass is 10.0. The molecule has 0 radical (unpaired) electrons. The molecular weight excluding hydrogens is 385 g/mol. The molecule has 4 aromatic rings. The molecule has 10 heteroatoms. The summed E-state index contributed by atoms with van der Waals surface area (Å²) in [6, 6.07) is 5.37. The van der Waals surface area contributed by atoms with Crippen LogP contribution in [-0.2, 0) is 13.2 Å². The van der Waals surface area contributed by atoms with Crippen molar-refractivity contribution in [2.45, 2.75) is 6.18 Å². The Hall–Kier alpha value is -3.82. The Labute approximate surface area is 161 Å². The highest BCUT2D eigenvalue weighted by Crippen LogP contribution is 2.41. The van der Waals surface area contributed by atoms with E-state index in [1.165, 1.54) is 6.20 Å². The lowest BCUT2D eigenvalue weighted by Gasteiger charge is -2.09. The summed E-state index contributed by atoms with van der Waals surface area (Å²) in [6.45, 7) is 0. The Bertz CT molecular complexity index is 1310. The van der Waals surface area contributed by atoms with Crippen LogP contribution >= 0.6 is 0 Å². The van der Waals surface area contributed by atoms with Crippen LogP contribution in [0, 0.1) is 0 Å². The number of nitrogens with one attached hydrogen (secondary N) is 1. The number of rotatable bonds is 2. The van der Waals surface area contributed by atoms with E-state index in [1.54, 1.807) is 36.3 Å².